The second-order valence-electron chi connectivity index (χ2n) is 2.56. The van der Waals surface area contributed by atoms with Crippen LogP contribution in [0.5, 0.6) is 0 Å². The van der Waals surface area contributed by atoms with E-state index in [1.54, 1.807) is 6.92 Å². The quantitative estimate of drug-likeness (QED) is 0.496. The Morgan fingerprint density at radius 2 is 2.14 bits per heavy atom. The Balaban J connectivity index is 3.70. The Kier molecular flexibility index (Phi) is 6.19. The topological polar surface area (TPSA) is 61.8 Å². The summed E-state index contributed by atoms with van der Waals surface area (Å²) in [7, 11) is 1.20. The molecule has 5 heteroatoms. The third kappa shape index (κ3) is 6.05. The third-order valence-corrected chi connectivity index (χ3v) is 1.28. The molecule has 5 nitrogen and oxygen atoms in total. The van der Waals surface area contributed by atoms with Gasteiger partial charge in [0, 0.05) is 0 Å². The van der Waals surface area contributed by atoms with Crippen molar-refractivity contribution in [3.8, 4) is 0 Å². The van der Waals surface area contributed by atoms with E-state index in [4.69, 9.17) is 0 Å². The van der Waals surface area contributed by atoms with Gasteiger partial charge in [-0.2, -0.15) is 0 Å². The van der Waals surface area contributed by atoms with Crippen LogP contribution in [-0.4, -0.2) is 31.9 Å². The van der Waals surface area contributed by atoms with Crippen LogP contribution in [0.4, 0.5) is 4.79 Å². The van der Waals surface area contributed by atoms with Crippen LogP contribution in [0.25, 0.3) is 0 Å². The summed E-state index contributed by atoms with van der Waals surface area (Å²) in [5.41, 5.74) is 0. The van der Waals surface area contributed by atoms with Gasteiger partial charge in [0.05, 0.1) is 13.5 Å². The van der Waals surface area contributed by atoms with E-state index in [2.05, 4.69) is 20.8 Å². The van der Waals surface area contributed by atoms with E-state index < -0.39 is 18.2 Å². The zero-order chi connectivity index (χ0) is 11.0. The first kappa shape index (κ1) is 12.5. The minimum absolute atomic E-state index is 0.00292. The molecule has 0 radical (unpaired) electrons. The molecule has 0 bridgehead atoms. The number of rotatable bonds is 5. The molecule has 0 N–H and O–H groups in total. The number of esters is 1. The number of ether oxygens (including phenoxy) is 3. The fourth-order valence-corrected chi connectivity index (χ4v) is 0.700. The summed E-state index contributed by atoms with van der Waals surface area (Å²) in [5, 5.41) is 0. The summed E-state index contributed by atoms with van der Waals surface area (Å²) < 4.78 is 13.6. The van der Waals surface area contributed by atoms with Gasteiger partial charge in [0.2, 0.25) is 0 Å². The van der Waals surface area contributed by atoms with Crippen molar-refractivity contribution in [2.24, 2.45) is 0 Å². The number of hydrogen-bond donors (Lipinski definition) is 0. The lowest BCUT2D eigenvalue weighted by Crippen LogP contribution is -2.19. The van der Waals surface area contributed by atoms with Crippen LogP contribution in [0.1, 0.15) is 13.3 Å². The summed E-state index contributed by atoms with van der Waals surface area (Å²) in [6.45, 7) is 5.12. The largest absolute Gasteiger partial charge is 0.508 e. The molecule has 1 unspecified atom stereocenters. The molecule has 0 aromatic carbocycles. The first-order valence-electron chi connectivity index (χ1n) is 4.11. The van der Waals surface area contributed by atoms with Crippen molar-refractivity contribution in [1.29, 1.82) is 0 Å². The van der Waals surface area contributed by atoms with Crippen LogP contribution in [0.2, 0.25) is 0 Å². The van der Waals surface area contributed by atoms with Gasteiger partial charge in [-0.25, -0.2) is 4.79 Å². The summed E-state index contributed by atoms with van der Waals surface area (Å²) >= 11 is 0. The number of methoxy groups -OCH3 is 1. The molecule has 80 valence electrons. The predicted molar refractivity (Wildman–Crippen MR) is 48.7 cm³/mol. The van der Waals surface area contributed by atoms with Crippen LogP contribution in [0.3, 0.4) is 0 Å². The fourth-order valence-electron chi connectivity index (χ4n) is 0.700. The molecular weight excluding hydrogens is 188 g/mol. The number of carbonyl (C=O) groups is 2. The summed E-state index contributed by atoms with van der Waals surface area (Å²) in [6, 6.07) is 0. The van der Waals surface area contributed by atoms with Crippen molar-refractivity contribution in [2.45, 2.75) is 19.4 Å². The lowest BCUT2D eigenvalue weighted by Gasteiger charge is -2.10. The molecule has 0 rings (SSSR count). The van der Waals surface area contributed by atoms with Gasteiger partial charge < -0.3 is 14.2 Å². The Morgan fingerprint density at radius 1 is 1.50 bits per heavy atom. The van der Waals surface area contributed by atoms with Crippen molar-refractivity contribution < 1.29 is 23.8 Å². The molecule has 14 heavy (non-hydrogen) atoms. The standard InChI is InChI=1S/C9H14O5/c1-4-5-13-8(10)6-7(2)14-9(11)12-3/h4,7H,1,5-6H2,2-3H3. The van der Waals surface area contributed by atoms with E-state index in [0.717, 1.165) is 0 Å². The van der Waals surface area contributed by atoms with Crippen molar-refractivity contribution in [1.82, 2.24) is 0 Å². The molecule has 0 heterocycles. The zero-order valence-corrected chi connectivity index (χ0v) is 8.32. The summed E-state index contributed by atoms with van der Waals surface area (Å²) in [4.78, 5) is 21.6. The van der Waals surface area contributed by atoms with E-state index in [0.29, 0.717) is 0 Å². The van der Waals surface area contributed by atoms with E-state index in [1.165, 1.54) is 13.2 Å². The van der Waals surface area contributed by atoms with Crippen molar-refractivity contribution in [2.75, 3.05) is 13.7 Å². The summed E-state index contributed by atoms with van der Waals surface area (Å²) in [5.74, 6) is -0.443. The third-order valence-electron chi connectivity index (χ3n) is 1.28. The average molecular weight is 202 g/mol. The van der Waals surface area contributed by atoms with Gasteiger partial charge in [0.25, 0.3) is 0 Å². The molecule has 0 aliphatic rings. The number of hydrogen-bond acceptors (Lipinski definition) is 5. The van der Waals surface area contributed by atoms with Crippen molar-refractivity contribution >= 4 is 12.1 Å². The van der Waals surface area contributed by atoms with Crippen LogP contribution >= 0.6 is 0 Å². The molecular formula is C9H14O5. The average Bonchev–Trinajstić information content (AvgIpc) is 2.14. The molecule has 0 saturated carbocycles. The van der Waals surface area contributed by atoms with Gasteiger partial charge in [-0.15, -0.1) is 0 Å². The van der Waals surface area contributed by atoms with Gasteiger partial charge >= 0.3 is 12.1 Å². The van der Waals surface area contributed by atoms with Gasteiger partial charge in [0.15, 0.2) is 0 Å². The molecule has 0 aromatic rings. The maximum Gasteiger partial charge on any atom is 0.508 e. The molecule has 0 aromatic heterocycles. The van der Waals surface area contributed by atoms with Crippen LogP contribution in [0.15, 0.2) is 12.7 Å². The SMILES string of the molecule is C=CCOC(=O)CC(C)OC(=O)OC. The number of carbonyl (C=O) groups excluding carboxylic acids is 2. The van der Waals surface area contributed by atoms with Gasteiger partial charge in [-0.3, -0.25) is 4.79 Å². The van der Waals surface area contributed by atoms with Crippen LogP contribution in [-0.2, 0) is 19.0 Å². The highest BCUT2D eigenvalue weighted by Crippen LogP contribution is 2.01. The second-order valence-corrected chi connectivity index (χ2v) is 2.56. The fraction of sp³-hybridized carbons (Fsp3) is 0.556. The van der Waals surface area contributed by atoms with E-state index in [1.807, 2.05) is 0 Å². The molecule has 0 saturated heterocycles. The highest BCUT2D eigenvalue weighted by Gasteiger charge is 2.14. The Labute approximate surface area is 82.6 Å². The van der Waals surface area contributed by atoms with Crippen LogP contribution < -0.4 is 0 Å². The highest BCUT2D eigenvalue weighted by molar-refractivity contribution is 5.70. The Morgan fingerprint density at radius 3 is 2.64 bits per heavy atom. The molecule has 0 spiro atoms. The van der Waals surface area contributed by atoms with E-state index in [9.17, 15) is 9.59 Å². The van der Waals surface area contributed by atoms with Crippen LogP contribution in [0, 0.1) is 0 Å². The molecule has 0 aliphatic carbocycles. The minimum Gasteiger partial charge on any atom is -0.461 e. The van der Waals surface area contributed by atoms with Gasteiger partial charge in [0.1, 0.15) is 12.7 Å². The Bertz CT molecular complexity index is 211. The lowest BCUT2D eigenvalue weighted by atomic mass is 10.3. The van der Waals surface area contributed by atoms with E-state index in [-0.39, 0.29) is 13.0 Å². The first-order chi connectivity index (χ1) is 6.60. The maximum absolute atomic E-state index is 11.0. The normalized spacial score (nSPS) is 11.3. The zero-order valence-electron chi connectivity index (χ0n) is 8.32. The summed E-state index contributed by atoms with van der Waals surface area (Å²) in [6.07, 6.45) is 0.0981. The molecule has 0 aliphatic heterocycles. The molecule has 1 atom stereocenters. The van der Waals surface area contributed by atoms with Gasteiger partial charge in [-0.1, -0.05) is 12.7 Å². The van der Waals surface area contributed by atoms with Crippen molar-refractivity contribution in [3.63, 3.8) is 0 Å². The predicted octanol–water partition coefficient (Wildman–Crippen LogP) is 1.28. The Hall–Kier alpha value is -1.52. The lowest BCUT2D eigenvalue weighted by molar-refractivity contribution is -0.144. The van der Waals surface area contributed by atoms with Gasteiger partial charge in [-0.05, 0) is 6.92 Å². The second kappa shape index (κ2) is 6.94. The highest BCUT2D eigenvalue weighted by atomic mass is 16.7. The molecule has 0 amide bonds. The van der Waals surface area contributed by atoms with Crippen molar-refractivity contribution in [3.05, 3.63) is 12.7 Å². The molecule has 0 fully saturated rings. The maximum atomic E-state index is 11.0. The first-order valence-corrected chi connectivity index (χ1v) is 4.11. The monoisotopic (exact) mass is 202 g/mol. The minimum atomic E-state index is -0.811. The van der Waals surface area contributed by atoms with E-state index >= 15 is 0 Å². The smallest absolute Gasteiger partial charge is 0.461 e.